The van der Waals surface area contributed by atoms with Crippen LogP contribution in [0.4, 0.5) is 5.69 Å². The van der Waals surface area contributed by atoms with E-state index in [1.807, 2.05) is 41.9 Å². The number of aromatic nitrogens is 3. The largest absolute Gasteiger partial charge is 0.324 e. The lowest BCUT2D eigenvalue weighted by Gasteiger charge is -2.13. The van der Waals surface area contributed by atoms with Gasteiger partial charge < -0.3 is 9.88 Å². The molecule has 0 aliphatic carbocycles. The van der Waals surface area contributed by atoms with Gasteiger partial charge in [0.05, 0.1) is 16.0 Å². The van der Waals surface area contributed by atoms with Crippen molar-refractivity contribution in [1.82, 2.24) is 14.8 Å². The third-order valence-corrected chi connectivity index (χ3v) is 5.40. The molecule has 134 valence electrons. The van der Waals surface area contributed by atoms with E-state index in [9.17, 15) is 4.79 Å². The number of halogens is 2. The summed E-state index contributed by atoms with van der Waals surface area (Å²) in [5.41, 5.74) is 1.46. The average molecular weight is 407 g/mol. The maximum Gasteiger partial charge on any atom is 0.237 e. The van der Waals surface area contributed by atoms with E-state index < -0.39 is 5.25 Å². The van der Waals surface area contributed by atoms with Gasteiger partial charge in [-0.3, -0.25) is 4.79 Å². The fraction of sp³-hybridized carbons (Fsp3) is 0.167. The van der Waals surface area contributed by atoms with E-state index >= 15 is 0 Å². The highest BCUT2D eigenvalue weighted by Gasteiger charge is 2.20. The molecule has 2 aromatic carbocycles. The first kappa shape index (κ1) is 18.8. The zero-order chi connectivity index (χ0) is 18.7. The predicted molar refractivity (Wildman–Crippen MR) is 107 cm³/mol. The van der Waals surface area contributed by atoms with Crippen LogP contribution in [-0.2, 0) is 11.8 Å². The van der Waals surface area contributed by atoms with Gasteiger partial charge in [0.15, 0.2) is 11.0 Å². The van der Waals surface area contributed by atoms with Crippen molar-refractivity contribution in [3.8, 4) is 11.4 Å². The van der Waals surface area contributed by atoms with Crippen molar-refractivity contribution in [2.45, 2.75) is 17.3 Å². The maximum absolute atomic E-state index is 12.5. The third-order valence-electron chi connectivity index (χ3n) is 3.70. The number of benzene rings is 2. The van der Waals surface area contributed by atoms with Crippen LogP contribution in [0.15, 0.2) is 53.7 Å². The van der Waals surface area contributed by atoms with Gasteiger partial charge in [-0.2, -0.15) is 0 Å². The first-order chi connectivity index (χ1) is 12.5. The zero-order valence-electron chi connectivity index (χ0n) is 14.1. The van der Waals surface area contributed by atoms with E-state index in [0.717, 1.165) is 11.4 Å². The van der Waals surface area contributed by atoms with Crippen LogP contribution >= 0.6 is 35.0 Å². The summed E-state index contributed by atoms with van der Waals surface area (Å²) in [7, 11) is 1.88. The van der Waals surface area contributed by atoms with Crippen molar-refractivity contribution in [3.05, 3.63) is 58.6 Å². The maximum atomic E-state index is 12.5. The minimum Gasteiger partial charge on any atom is -0.324 e. The van der Waals surface area contributed by atoms with Crippen LogP contribution in [0.3, 0.4) is 0 Å². The molecule has 1 aromatic heterocycles. The molecule has 0 bridgehead atoms. The lowest BCUT2D eigenvalue weighted by atomic mass is 10.2. The second-order valence-electron chi connectivity index (χ2n) is 5.60. The van der Waals surface area contributed by atoms with Gasteiger partial charge >= 0.3 is 0 Å². The van der Waals surface area contributed by atoms with Crippen LogP contribution in [0, 0.1) is 0 Å². The van der Waals surface area contributed by atoms with Crippen molar-refractivity contribution >= 4 is 46.6 Å². The summed E-state index contributed by atoms with van der Waals surface area (Å²) >= 11 is 13.4. The van der Waals surface area contributed by atoms with Crippen LogP contribution in [0.5, 0.6) is 0 Å². The van der Waals surface area contributed by atoms with Gasteiger partial charge in [0, 0.05) is 17.6 Å². The molecule has 0 aliphatic heterocycles. The van der Waals surface area contributed by atoms with E-state index in [1.54, 1.807) is 25.1 Å². The van der Waals surface area contributed by atoms with Crippen LogP contribution in [0.2, 0.25) is 10.0 Å². The molecule has 26 heavy (non-hydrogen) atoms. The van der Waals surface area contributed by atoms with Crippen LogP contribution in [0.25, 0.3) is 11.4 Å². The number of rotatable bonds is 5. The van der Waals surface area contributed by atoms with Crippen molar-refractivity contribution in [3.63, 3.8) is 0 Å². The van der Waals surface area contributed by atoms with Gasteiger partial charge in [-0.15, -0.1) is 10.2 Å². The Balaban J connectivity index is 1.72. The Morgan fingerprint density at radius 1 is 1.15 bits per heavy atom. The van der Waals surface area contributed by atoms with Crippen molar-refractivity contribution in [2.75, 3.05) is 5.32 Å². The number of anilines is 1. The highest BCUT2D eigenvalue weighted by atomic mass is 35.5. The molecule has 0 saturated heterocycles. The fourth-order valence-electron chi connectivity index (χ4n) is 2.30. The van der Waals surface area contributed by atoms with Gasteiger partial charge in [-0.25, -0.2) is 0 Å². The molecule has 1 amide bonds. The average Bonchev–Trinajstić information content (AvgIpc) is 2.99. The highest BCUT2D eigenvalue weighted by Crippen LogP contribution is 2.29. The minimum atomic E-state index is -0.392. The molecular weight excluding hydrogens is 391 g/mol. The molecule has 0 fully saturated rings. The minimum absolute atomic E-state index is 0.191. The summed E-state index contributed by atoms with van der Waals surface area (Å²) in [5.74, 6) is 0.557. The Kier molecular flexibility index (Phi) is 5.86. The summed E-state index contributed by atoms with van der Waals surface area (Å²) in [6, 6.07) is 14.7. The summed E-state index contributed by atoms with van der Waals surface area (Å²) < 4.78 is 1.87. The Morgan fingerprint density at radius 3 is 2.62 bits per heavy atom. The van der Waals surface area contributed by atoms with E-state index in [-0.39, 0.29) is 5.91 Å². The molecule has 5 nitrogen and oxygen atoms in total. The third kappa shape index (κ3) is 4.20. The monoisotopic (exact) mass is 406 g/mol. The lowest BCUT2D eigenvalue weighted by Crippen LogP contribution is -2.23. The normalized spacial score (nSPS) is 12.0. The lowest BCUT2D eigenvalue weighted by molar-refractivity contribution is -0.115. The molecule has 0 saturated carbocycles. The molecule has 3 aromatic rings. The highest BCUT2D eigenvalue weighted by molar-refractivity contribution is 8.00. The molecule has 1 N–H and O–H groups in total. The topological polar surface area (TPSA) is 59.8 Å². The van der Waals surface area contributed by atoms with E-state index in [1.165, 1.54) is 11.8 Å². The Hall–Kier alpha value is -2.02. The van der Waals surface area contributed by atoms with Crippen molar-refractivity contribution in [1.29, 1.82) is 0 Å². The molecule has 8 heteroatoms. The summed E-state index contributed by atoms with van der Waals surface area (Å²) in [6.07, 6.45) is 0. The quantitative estimate of drug-likeness (QED) is 0.611. The van der Waals surface area contributed by atoms with Crippen molar-refractivity contribution in [2.24, 2.45) is 7.05 Å². The summed E-state index contributed by atoms with van der Waals surface area (Å²) in [5, 5.41) is 12.4. The van der Waals surface area contributed by atoms with Crippen LogP contribution in [0.1, 0.15) is 6.92 Å². The van der Waals surface area contributed by atoms with E-state index in [4.69, 9.17) is 23.2 Å². The number of nitrogens with zero attached hydrogens (tertiary/aromatic N) is 3. The van der Waals surface area contributed by atoms with Crippen LogP contribution in [-0.4, -0.2) is 25.9 Å². The number of thioether (sulfide) groups is 1. The zero-order valence-corrected chi connectivity index (χ0v) is 16.4. The molecule has 0 spiro atoms. The summed E-state index contributed by atoms with van der Waals surface area (Å²) in [4.78, 5) is 12.5. The van der Waals surface area contributed by atoms with Crippen molar-refractivity contribution < 1.29 is 4.79 Å². The number of hydrogen-bond acceptors (Lipinski definition) is 4. The SMILES string of the molecule is C[C@@H](Sc1nnc(-c2ccccc2)n1C)C(=O)Nc1cc(Cl)ccc1Cl. The molecule has 1 atom stereocenters. The van der Waals surface area contributed by atoms with Gasteiger partial charge in [0.1, 0.15) is 0 Å². The Morgan fingerprint density at radius 2 is 1.88 bits per heavy atom. The molecule has 0 unspecified atom stereocenters. The standard InChI is InChI=1S/C18H16Cl2N4OS/c1-11(17(25)21-15-10-13(19)8-9-14(15)20)26-18-23-22-16(24(18)2)12-6-4-3-5-7-12/h3-11H,1-2H3,(H,21,25)/t11-/m1/s1. The number of carbonyl (C=O) groups excluding carboxylic acids is 1. The molecule has 1 heterocycles. The number of amides is 1. The number of nitrogens with one attached hydrogen (secondary N) is 1. The van der Waals surface area contributed by atoms with Gasteiger partial charge in [0.25, 0.3) is 0 Å². The Bertz CT molecular complexity index is 930. The second kappa shape index (κ2) is 8.12. The van der Waals surface area contributed by atoms with Gasteiger partial charge in [0.2, 0.25) is 5.91 Å². The van der Waals surface area contributed by atoms with E-state index in [2.05, 4.69) is 15.5 Å². The smallest absolute Gasteiger partial charge is 0.237 e. The first-order valence-electron chi connectivity index (χ1n) is 7.83. The number of hydrogen-bond donors (Lipinski definition) is 1. The first-order valence-corrected chi connectivity index (χ1v) is 9.46. The van der Waals surface area contributed by atoms with Crippen LogP contribution < -0.4 is 5.32 Å². The summed E-state index contributed by atoms with van der Waals surface area (Å²) in [6.45, 7) is 1.80. The van der Waals surface area contributed by atoms with Gasteiger partial charge in [-0.05, 0) is 25.1 Å². The number of carbonyl (C=O) groups is 1. The fourth-order valence-corrected chi connectivity index (χ4v) is 3.45. The molecule has 3 rings (SSSR count). The molecule has 0 radical (unpaired) electrons. The Labute approximate surface area is 165 Å². The van der Waals surface area contributed by atoms with Gasteiger partial charge in [-0.1, -0.05) is 65.3 Å². The molecule has 0 aliphatic rings. The molecular formula is C18H16Cl2N4OS. The predicted octanol–water partition coefficient (Wildman–Crippen LogP) is 4.91. The van der Waals surface area contributed by atoms with E-state index in [0.29, 0.717) is 20.9 Å². The second-order valence-corrected chi connectivity index (χ2v) is 7.76.